The molecule has 22 nitrogen and oxygen atoms in total. The molecule has 0 radical (unpaired) electrons. The van der Waals surface area contributed by atoms with Gasteiger partial charge >= 0.3 is 0 Å². The molecule has 10 aliphatic rings. The molecule has 6 saturated heterocycles. The highest BCUT2D eigenvalue weighted by Crippen LogP contribution is 2.71. The van der Waals surface area contributed by atoms with Crippen molar-refractivity contribution in [1.82, 2.24) is 0 Å². The van der Waals surface area contributed by atoms with E-state index in [4.69, 9.17) is 47.4 Å². The van der Waals surface area contributed by atoms with Crippen LogP contribution in [0.4, 0.5) is 0 Å². The highest BCUT2D eigenvalue weighted by Gasteiger charge is 2.69. The number of ether oxygens (including phenoxy) is 10. The third-order valence-electron chi connectivity index (χ3n) is 19.7. The molecule has 10 rings (SSSR count). The molecule has 0 aromatic rings. The number of hydrogen-bond donors (Lipinski definition) is 12. The fourth-order valence-electron chi connectivity index (χ4n) is 15.5. The van der Waals surface area contributed by atoms with Gasteiger partial charge in [0.2, 0.25) is 0 Å². The summed E-state index contributed by atoms with van der Waals surface area (Å²) < 4.78 is 60.2. The summed E-state index contributed by atoms with van der Waals surface area (Å²) in [5.74, 6) is 3.08. The summed E-state index contributed by atoms with van der Waals surface area (Å²) in [4.78, 5) is 0. The van der Waals surface area contributed by atoms with Crippen LogP contribution in [0.2, 0.25) is 0 Å². The standard InChI is InChI=1S/C49H80O22/c1-19-7-12-49(63-17-19)20(2)30-26(71-49)14-25-23-6-5-21-13-22(8-10-47(21,3)24(23)9-11-48(25,30)4)64-46-41(36(57)32(53)28(16-51)66-46)68-42-37(58)33(54)29(18-62-42)67-44-39(60)35(56)40(61)45(70-44)69-43-38(59)34(55)31(52)27(15-50)65-43/h19-46,50-61H,5-18H2,1-4H3/t19?,20?,21?,22?,23?,24?,25?,26?,27-,28-,29+,30?,31-,32-,33-,34-,35+,36-,37-,38-,39-,40+,41-,42+,43+,44-,45+,46-,47?,48?,49?/m1/s1. The molecule has 0 aromatic heterocycles. The Bertz CT molecular complexity index is 1810. The van der Waals surface area contributed by atoms with Gasteiger partial charge in [-0.25, -0.2) is 0 Å². The van der Waals surface area contributed by atoms with Crippen molar-refractivity contribution in [3.63, 3.8) is 0 Å². The molecule has 10 fully saturated rings. The fraction of sp³-hybridized carbons (Fsp3) is 1.00. The second-order valence-electron chi connectivity index (χ2n) is 23.5. The average molecular weight is 1020 g/mol. The summed E-state index contributed by atoms with van der Waals surface area (Å²) in [5.41, 5.74) is 0.294. The Morgan fingerprint density at radius 2 is 1.14 bits per heavy atom. The van der Waals surface area contributed by atoms with E-state index in [0.29, 0.717) is 47.8 Å². The minimum absolute atomic E-state index is 0.0917. The van der Waals surface area contributed by atoms with Gasteiger partial charge in [0, 0.05) is 12.3 Å². The van der Waals surface area contributed by atoms with Gasteiger partial charge in [0.05, 0.1) is 38.6 Å². The van der Waals surface area contributed by atoms with Crippen molar-refractivity contribution in [3.8, 4) is 0 Å². The van der Waals surface area contributed by atoms with Crippen LogP contribution in [-0.2, 0) is 47.4 Å². The molecule has 6 heterocycles. The number of fused-ring (bicyclic) bond motifs is 7. The summed E-state index contributed by atoms with van der Waals surface area (Å²) >= 11 is 0. The lowest BCUT2D eigenvalue weighted by Gasteiger charge is -2.61. The SMILES string of the molecule is CC1CCC2(OC1)OC1CC3C4CCC5CC(O[C@@H]6O[C@H](CO)[C@@H](O)[C@@H](O)[C@H]6O[C@@H]6OC[C@H](O[C@@H]7O[C@H](O[C@@H]8O[C@H](CO)[C@@H](O)[C@@H](O)[C@H]8O)[C@@H](O)[C@@H](O)[C@H]7O)[C@@H](O)[C@H]6O)CCC5(C)C4CCC3(C)C1C2C. The summed E-state index contributed by atoms with van der Waals surface area (Å²) in [6.07, 6.45) is -22.6. The molecule has 6 aliphatic heterocycles. The Labute approximate surface area is 413 Å². The minimum atomic E-state index is -2.00. The third kappa shape index (κ3) is 9.19. The zero-order chi connectivity index (χ0) is 50.6. The molecule has 31 atom stereocenters. The van der Waals surface area contributed by atoms with Crippen molar-refractivity contribution < 1.29 is 109 Å². The maximum absolute atomic E-state index is 11.4. The zero-order valence-electron chi connectivity index (χ0n) is 41.0. The third-order valence-corrected chi connectivity index (χ3v) is 19.7. The lowest BCUT2D eigenvalue weighted by molar-refractivity contribution is -0.411. The first-order valence-electron chi connectivity index (χ1n) is 26.3. The van der Waals surface area contributed by atoms with E-state index in [9.17, 15) is 61.3 Å². The van der Waals surface area contributed by atoms with Crippen LogP contribution >= 0.6 is 0 Å². The van der Waals surface area contributed by atoms with Crippen molar-refractivity contribution in [2.45, 2.75) is 227 Å². The van der Waals surface area contributed by atoms with Gasteiger partial charge in [0.1, 0.15) is 85.5 Å². The van der Waals surface area contributed by atoms with Crippen LogP contribution in [0, 0.1) is 52.3 Å². The maximum Gasteiger partial charge on any atom is 0.192 e. The summed E-state index contributed by atoms with van der Waals surface area (Å²) in [7, 11) is 0. The minimum Gasteiger partial charge on any atom is -0.394 e. The maximum atomic E-state index is 11.4. The van der Waals surface area contributed by atoms with E-state index >= 15 is 0 Å². The predicted octanol–water partition coefficient (Wildman–Crippen LogP) is -2.31. The first-order valence-corrected chi connectivity index (χ1v) is 26.3. The van der Waals surface area contributed by atoms with Crippen LogP contribution in [0.3, 0.4) is 0 Å². The summed E-state index contributed by atoms with van der Waals surface area (Å²) in [5, 5.41) is 128. The Balaban J connectivity index is 0.760. The molecule has 22 heteroatoms. The quantitative estimate of drug-likeness (QED) is 0.102. The van der Waals surface area contributed by atoms with E-state index < -0.39 is 143 Å². The molecule has 12 unspecified atom stereocenters. The lowest BCUT2D eigenvalue weighted by Crippen LogP contribution is -2.65. The van der Waals surface area contributed by atoms with Gasteiger partial charge in [-0.05, 0) is 104 Å². The Morgan fingerprint density at radius 1 is 0.521 bits per heavy atom. The second-order valence-corrected chi connectivity index (χ2v) is 23.5. The van der Waals surface area contributed by atoms with Crippen LogP contribution in [-0.4, -0.2) is 223 Å². The Morgan fingerprint density at radius 3 is 1.82 bits per heavy atom. The van der Waals surface area contributed by atoms with Gasteiger partial charge in [0.15, 0.2) is 37.2 Å². The molecule has 4 saturated carbocycles. The first-order chi connectivity index (χ1) is 33.7. The highest BCUT2D eigenvalue weighted by molar-refractivity contribution is 5.15. The van der Waals surface area contributed by atoms with Gasteiger partial charge in [-0.15, -0.1) is 0 Å². The molecule has 408 valence electrons. The first kappa shape index (κ1) is 53.5. The molecule has 0 amide bonds. The fourth-order valence-corrected chi connectivity index (χ4v) is 15.5. The van der Waals surface area contributed by atoms with Gasteiger partial charge in [-0.2, -0.15) is 0 Å². The van der Waals surface area contributed by atoms with Crippen LogP contribution in [0.1, 0.15) is 91.9 Å². The molecule has 4 aliphatic carbocycles. The van der Waals surface area contributed by atoms with E-state index in [1.165, 1.54) is 12.8 Å². The Hall–Kier alpha value is -0.880. The average Bonchev–Trinajstić information content (AvgIpc) is 3.80. The van der Waals surface area contributed by atoms with Crippen molar-refractivity contribution in [2.75, 3.05) is 26.4 Å². The monoisotopic (exact) mass is 1020 g/mol. The van der Waals surface area contributed by atoms with Gasteiger partial charge in [0.25, 0.3) is 0 Å². The van der Waals surface area contributed by atoms with E-state index in [1.807, 2.05) is 0 Å². The van der Waals surface area contributed by atoms with Gasteiger partial charge in [-0.1, -0.05) is 27.7 Å². The van der Waals surface area contributed by atoms with E-state index in [1.54, 1.807) is 0 Å². The van der Waals surface area contributed by atoms with E-state index in [2.05, 4.69) is 27.7 Å². The van der Waals surface area contributed by atoms with Crippen LogP contribution in [0.15, 0.2) is 0 Å². The number of hydrogen-bond acceptors (Lipinski definition) is 22. The van der Waals surface area contributed by atoms with E-state index in [0.717, 1.165) is 51.6 Å². The lowest BCUT2D eigenvalue weighted by atomic mass is 9.44. The van der Waals surface area contributed by atoms with Crippen molar-refractivity contribution in [2.24, 2.45) is 52.3 Å². The zero-order valence-corrected chi connectivity index (χ0v) is 41.0. The highest BCUT2D eigenvalue weighted by atomic mass is 16.8. The summed E-state index contributed by atoms with van der Waals surface area (Å²) in [6, 6.07) is 0. The van der Waals surface area contributed by atoms with Crippen LogP contribution in [0.5, 0.6) is 0 Å². The van der Waals surface area contributed by atoms with E-state index in [-0.39, 0.29) is 23.0 Å². The number of rotatable bonds is 10. The molecule has 0 aromatic carbocycles. The van der Waals surface area contributed by atoms with Crippen molar-refractivity contribution in [1.29, 1.82) is 0 Å². The smallest absolute Gasteiger partial charge is 0.192 e. The number of aliphatic hydroxyl groups excluding tert-OH is 12. The largest absolute Gasteiger partial charge is 0.394 e. The van der Waals surface area contributed by atoms with Crippen LogP contribution < -0.4 is 0 Å². The van der Waals surface area contributed by atoms with Gasteiger partial charge < -0.3 is 109 Å². The second kappa shape index (κ2) is 20.5. The molecule has 0 bridgehead atoms. The molecule has 12 N–H and O–H groups in total. The summed E-state index contributed by atoms with van der Waals surface area (Å²) in [6.45, 7) is 8.46. The molecular weight excluding hydrogens is 941 g/mol. The topological polar surface area (TPSA) is 335 Å². The molecule has 71 heavy (non-hydrogen) atoms. The van der Waals surface area contributed by atoms with Crippen LogP contribution in [0.25, 0.3) is 0 Å². The van der Waals surface area contributed by atoms with Crippen molar-refractivity contribution in [3.05, 3.63) is 0 Å². The normalized spacial score (nSPS) is 58.5. The predicted molar refractivity (Wildman–Crippen MR) is 237 cm³/mol. The molecular formula is C49H80O22. The Kier molecular flexibility index (Phi) is 15.4. The van der Waals surface area contributed by atoms with Gasteiger partial charge in [-0.3, -0.25) is 0 Å². The number of aliphatic hydroxyl groups is 12. The molecule has 1 spiro atoms. The van der Waals surface area contributed by atoms with Crippen molar-refractivity contribution >= 4 is 0 Å².